The number of aryl methyl sites for hydroxylation is 2. The summed E-state index contributed by atoms with van der Waals surface area (Å²) in [6, 6.07) is 6.03. The van der Waals surface area contributed by atoms with Crippen LogP contribution in [0.25, 0.3) is 11.0 Å². The van der Waals surface area contributed by atoms with E-state index in [9.17, 15) is 0 Å². The van der Waals surface area contributed by atoms with E-state index in [2.05, 4.69) is 18.1 Å². The topological polar surface area (TPSA) is 26.0 Å². The molecule has 0 N–H and O–H groups in total. The lowest BCUT2D eigenvalue weighted by Gasteiger charge is -1.92. The van der Waals surface area contributed by atoms with Gasteiger partial charge in [-0.15, -0.1) is 11.6 Å². The highest BCUT2D eigenvalue weighted by molar-refractivity contribution is 6.18. The molecule has 1 aromatic heterocycles. The molecule has 1 heterocycles. The van der Waals surface area contributed by atoms with Crippen molar-refractivity contribution in [3.8, 4) is 0 Å². The Balaban J connectivity index is 2.58. The van der Waals surface area contributed by atoms with Gasteiger partial charge in [0.25, 0.3) is 0 Å². The molecule has 2 nitrogen and oxygen atoms in total. The zero-order valence-corrected chi connectivity index (χ0v) is 8.14. The second kappa shape index (κ2) is 3.38. The molecule has 0 saturated carbocycles. The minimum absolute atomic E-state index is 0.579. The van der Waals surface area contributed by atoms with Gasteiger partial charge in [-0.3, -0.25) is 0 Å². The Kier molecular flexibility index (Phi) is 2.23. The summed E-state index contributed by atoms with van der Waals surface area (Å²) in [7, 11) is 0. The minimum Gasteiger partial charge on any atom is -0.356 e. The van der Waals surface area contributed by atoms with Gasteiger partial charge in [0.05, 0.1) is 5.69 Å². The summed E-state index contributed by atoms with van der Waals surface area (Å²) in [6.07, 6.45) is 0.762. The first-order chi connectivity index (χ1) is 6.31. The maximum Gasteiger partial charge on any atom is 0.167 e. The molecular formula is C10H10ClNO. The standard InChI is InChI=1S/C10H10ClNO/c1-7-2-3-10-8(6-7)9(4-5-11)12-13-10/h2-3,6H,4-5H2,1H3. The second-order valence-corrected chi connectivity index (χ2v) is 3.45. The van der Waals surface area contributed by atoms with Gasteiger partial charge < -0.3 is 4.52 Å². The van der Waals surface area contributed by atoms with Gasteiger partial charge in [0.1, 0.15) is 0 Å². The van der Waals surface area contributed by atoms with Crippen molar-refractivity contribution in [1.82, 2.24) is 5.16 Å². The lowest BCUT2D eigenvalue weighted by molar-refractivity contribution is 0.447. The van der Waals surface area contributed by atoms with E-state index in [1.807, 2.05) is 12.1 Å². The van der Waals surface area contributed by atoms with Crippen molar-refractivity contribution in [3.05, 3.63) is 29.5 Å². The molecule has 0 fully saturated rings. The molecule has 2 rings (SSSR count). The molecule has 0 saturated heterocycles. The number of hydrogen-bond acceptors (Lipinski definition) is 2. The summed E-state index contributed by atoms with van der Waals surface area (Å²) in [6.45, 7) is 2.05. The van der Waals surface area contributed by atoms with E-state index in [0.717, 1.165) is 23.1 Å². The molecule has 0 radical (unpaired) electrons. The molecule has 3 heteroatoms. The van der Waals surface area contributed by atoms with Gasteiger partial charge in [-0.25, -0.2) is 0 Å². The highest BCUT2D eigenvalue weighted by atomic mass is 35.5. The van der Waals surface area contributed by atoms with E-state index in [1.54, 1.807) is 0 Å². The van der Waals surface area contributed by atoms with E-state index in [-0.39, 0.29) is 0 Å². The molecule has 0 bridgehead atoms. The molecule has 13 heavy (non-hydrogen) atoms. The first-order valence-corrected chi connectivity index (χ1v) is 4.75. The van der Waals surface area contributed by atoms with Gasteiger partial charge in [-0.05, 0) is 19.1 Å². The number of alkyl halides is 1. The summed E-state index contributed by atoms with van der Waals surface area (Å²) < 4.78 is 5.15. The Morgan fingerprint density at radius 1 is 1.46 bits per heavy atom. The lowest BCUT2D eigenvalue weighted by Crippen LogP contribution is -1.86. The second-order valence-electron chi connectivity index (χ2n) is 3.07. The van der Waals surface area contributed by atoms with Gasteiger partial charge in [0.2, 0.25) is 0 Å². The van der Waals surface area contributed by atoms with Gasteiger partial charge in [0.15, 0.2) is 5.58 Å². The summed E-state index contributed by atoms with van der Waals surface area (Å²) in [4.78, 5) is 0. The Morgan fingerprint density at radius 2 is 2.31 bits per heavy atom. The summed E-state index contributed by atoms with van der Waals surface area (Å²) in [5, 5.41) is 5.05. The van der Waals surface area contributed by atoms with Crippen molar-refractivity contribution < 1.29 is 4.52 Å². The molecule has 0 atom stereocenters. The third-order valence-corrected chi connectivity index (χ3v) is 2.22. The molecule has 68 valence electrons. The molecule has 0 aliphatic heterocycles. The normalized spacial score (nSPS) is 10.9. The average molecular weight is 196 g/mol. The molecule has 2 aromatic rings. The van der Waals surface area contributed by atoms with Crippen LogP contribution in [0.15, 0.2) is 22.7 Å². The van der Waals surface area contributed by atoms with Crippen LogP contribution >= 0.6 is 11.6 Å². The molecule has 0 aliphatic carbocycles. The highest BCUT2D eigenvalue weighted by Gasteiger charge is 2.06. The van der Waals surface area contributed by atoms with Crippen LogP contribution in [0.1, 0.15) is 11.3 Å². The van der Waals surface area contributed by atoms with Gasteiger partial charge in [-0.1, -0.05) is 16.8 Å². The van der Waals surface area contributed by atoms with Crippen molar-refractivity contribution in [3.63, 3.8) is 0 Å². The van der Waals surface area contributed by atoms with Crippen LogP contribution in [0.4, 0.5) is 0 Å². The molecule has 0 unspecified atom stereocenters. The average Bonchev–Trinajstić information content (AvgIpc) is 2.49. The Morgan fingerprint density at radius 3 is 3.08 bits per heavy atom. The van der Waals surface area contributed by atoms with Crippen LogP contribution in [0.5, 0.6) is 0 Å². The highest BCUT2D eigenvalue weighted by Crippen LogP contribution is 2.20. The number of benzene rings is 1. The van der Waals surface area contributed by atoms with Crippen LogP contribution in [0.2, 0.25) is 0 Å². The van der Waals surface area contributed by atoms with Crippen molar-refractivity contribution in [2.24, 2.45) is 0 Å². The molecular weight excluding hydrogens is 186 g/mol. The van der Waals surface area contributed by atoms with E-state index in [1.165, 1.54) is 5.56 Å². The number of hydrogen-bond donors (Lipinski definition) is 0. The predicted molar refractivity (Wildman–Crippen MR) is 53.2 cm³/mol. The Labute approximate surface area is 81.5 Å². The number of aromatic nitrogens is 1. The van der Waals surface area contributed by atoms with Crippen LogP contribution in [-0.2, 0) is 6.42 Å². The fourth-order valence-corrected chi connectivity index (χ4v) is 1.55. The summed E-state index contributed by atoms with van der Waals surface area (Å²) in [5.74, 6) is 0.579. The van der Waals surface area contributed by atoms with Crippen molar-refractivity contribution in [1.29, 1.82) is 0 Å². The lowest BCUT2D eigenvalue weighted by atomic mass is 10.1. The van der Waals surface area contributed by atoms with Crippen LogP contribution in [-0.4, -0.2) is 11.0 Å². The number of nitrogens with zero attached hydrogens (tertiary/aromatic N) is 1. The first kappa shape index (κ1) is 8.57. The monoisotopic (exact) mass is 195 g/mol. The number of halogens is 1. The molecule has 0 amide bonds. The zero-order chi connectivity index (χ0) is 9.26. The van der Waals surface area contributed by atoms with Crippen LogP contribution < -0.4 is 0 Å². The molecule has 0 spiro atoms. The van der Waals surface area contributed by atoms with E-state index < -0.39 is 0 Å². The van der Waals surface area contributed by atoms with Crippen LogP contribution in [0.3, 0.4) is 0 Å². The maximum absolute atomic E-state index is 5.65. The van der Waals surface area contributed by atoms with E-state index in [0.29, 0.717) is 5.88 Å². The van der Waals surface area contributed by atoms with Crippen molar-refractivity contribution in [2.75, 3.05) is 5.88 Å². The predicted octanol–water partition coefficient (Wildman–Crippen LogP) is 2.92. The summed E-state index contributed by atoms with van der Waals surface area (Å²) in [5.41, 5.74) is 3.01. The van der Waals surface area contributed by atoms with Crippen molar-refractivity contribution >= 4 is 22.6 Å². The zero-order valence-electron chi connectivity index (χ0n) is 7.38. The number of rotatable bonds is 2. The quantitative estimate of drug-likeness (QED) is 0.689. The Bertz CT molecular complexity index is 422. The van der Waals surface area contributed by atoms with Crippen LogP contribution in [0, 0.1) is 6.92 Å². The molecule has 0 aliphatic rings. The van der Waals surface area contributed by atoms with Gasteiger partial charge in [-0.2, -0.15) is 0 Å². The fraction of sp³-hybridized carbons (Fsp3) is 0.300. The third kappa shape index (κ3) is 1.54. The van der Waals surface area contributed by atoms with E-state index in [4.69, 9.17) is 16.1 Å². The largest absolute Gasteiger partial charge is 0.356 e. The van der Waals surface area contributed by atoms with Crippen molar-refractivity contribution in [2.45, 2.75) is 13.3 Å². The first-order valence-electron chi connectivity index (χ1n) is 4.22. The third-order valence-electron chi connectivity index (χ3n) is 2.03. The SMILES string of the molecule is Cc1ccc2onc(CCCl)c2c1. The van der Waals surface area contributed by atoms with Gasteiger partial charge in [0, 0.05) is 17.7 Å². The summed E-state index contributed by atoms with van der Waals surface area (Å²) >= 11 is 5.65. The fourth-order valence-electron chi connectivity index (χ4n) is 1.37. The maximum atomic E-state index is 5.65. The number of fused-ring (bicyclic) bond motifs is 1. The Hall–Kier alpha value is -1.02. The molecule has 1 aromatic carbocycles. The van der Waals surface area contributed by atoms with E-state index >= 15 is 0 Å². The van der Waals surface area contributed by atoms with Gasteiger partial charge >= 0.3 is 0 Å². The minimum atomic E-state index is 0.579. The smallest absolute Gasteiger partial charge is 0.167 e.